The number of amides is 3. The van der Waals surface area contributed by atoms with Gasteiger partial charge in [-0.05, 0) is 12.1 Å². The van der Waals surface area contributed by atoms with Gasteiger partial charge in [-0.3, -0.25) is 24.1 Å². The van der Waals surface area contributed by atoms with Crippen LogP contribution >= 0.6 is 11.8 Å². The number of carbonyl (C=O) groups is 4. The molecule has 0 bridgehead atoms. The summed E-state index contributed by atoms with van der Waals surface area (Å²) in [4.78, 5) is 49.3. The van der Waals surface area contributed by atoms with Crippen LogP contribution in [-0.2, 0) is 4.79 Å². The van der Waals surface area contributed by atoms with Gasteiger partial charge in [0, 0.05) is 20.0 Å². The number of Topliss-reactive ketones (excluding diaryl/α,β-unsaturated/α-hetero) is 1. The average Bonchev–Trinajstić information content (AvgIpc) is 3.00. The molecule has 3 amide bonds. The number of aromatic amines is 1. The van der Waals surface area contributed by atoms with Crippen LogP contribution in [-0.4, -0.2) is 51.6 Å². The second kappa shape index (κ2) is 5.91. The van der Waals surface area contributed by atoms with Gasteiger partial charge in [0.15, 0.2) is 5.78 Å². The van der Waals surface area contributed by atoms with Gasteiger partial charge < -0.3 is 10.3 Å². The van der Waals surface area contributed by atoms with Crippen molar-refractivity contribution in [2.75, 3.05) is 18.8 Å². The molecule has 2 N–H and O–H groups in total. The molecular weight excluding hydrogens is 282 g/mol. The van der Waals surface area contributed by atoms with Crippen molar-refractivity contribution in [2.45, 2.75) is 6.92 Å². The van der Waals surface area contributed by atoms with Crippen LogP contribution in [0.4, 0.5) is 4.79 Å². The molecule has 0 spiro atoms. The van der Waals surface area contributed by atoms with E-state index in [1.165, 1.54) is 19.1 Å². The van der Waals surface area contributed by atoms with E-state index in [1.54, 1.807) is 0 Å². The fourth-order valence-electron chi connectivity index (χ4n) is 1.71. The number of ketones is 1. The fraction of sp³-hybridized carbons (Fsp3) is 0.333. The molecule has 7 nitrogen and oxygen atoms in total. The number of carbonyl (C=O) groups excluding carboxylic acids is 4. The molecule has 2 heterocycles. The van der Waals surface area contributed by atoms with Gasteiger partial charge in [-0.1, -0.05) is 11.8 Å². The molecule has 1 aliphatic rings. The fourth-order valence-corrected chi connectivity index (χ4v) is 2.46. The molecule has 1 aromatic rings. The molecule has 106 valence electrons. The Balaban J connectivity index is 1.84. The van der Waals surface area contributed by atoms with E-state index in [0.29, 0.717) is 5.69 Å². The predicted octanol–water partition coefficient (Wildman–Crippen LogP) is 0.642. The van der Waals surface area contributed by atoms with Gasteiger partial charge in [-0.15, -0.1) is 0 Å². The zero-order valence-corrected chi connectivity index (χ0v) is 11.6. The van der Waals surface area contributed by atoms with Crippen molar-refractivity contribution in [2.24, 2.45) is 0 Å². The molecule has 0 unspecified atom stereocenters. The topological polar surface area (TPSA) is 99.3 Å². The minimum Gasteiger partial charge on any atom is -0.349 e. The highest BCUT2D eigenvalue weighted by Gasteiger charge is 2.29. The van der Waals surface area contributed by atoms with Gasteiger partial charge in [0.25, 0.3) is 11.1 Å². The van der Waals surface area contributed by atoms with E-state index in [2.05, 4.69) is 10.3 Å². The molecule has 1 aromatic heterocycles. The molecule has 20 heavy (non-hydrogen) atoms. The summed E-state index contributed by atoms with van der Waals surface area (Å²) in [5.41, 5.74) is 0.625. The van der Waals surface area contributed by atoms with E-state index in [9.17, 15) is 19.2 Å². The van der Waals surface area contributed by atoms with Crippen LogP contribution in [0.15, 0.2) is 12.1 Å². The summed E-state index contributed by atoms with van der Waals surface area (Å²) >= 11 is 0.956. The van der Waals surface area contributed by atoms with Gasteiger partial charge in [0.05, 0.1) is 11.4 Å². The Kier molecular flexibility index (Phi) is 4.23. The van der Waals surface area contributed by atoms with Gasteiger partial charge in [0.2, 0.25) is 5.91 Å². The molecule has 0 radical (unpaired) electrons. The Morgan fingerprint density at radius 3 is 2.60 bits per heavy atom. The predicted molar refractivity (Wildman–Crippen MR) is 72.7 cm³/mol. The third-order valence-electron chi connectivity index (χ3n) is 2.77. The Morgan fingerprint density at radius 1 is 1.35 bits per heavy atom. The quantitative estimate of drug-likeness (QED) is 0.777. The molecule has 0 aliphatic carbocycles. The number of nitrogens with one attached hydrogen (secondary N) is 2. The highest BCUT2D eigenvalue weighted by Crippen LogP contribution is 2.17. The number of nitrogens with zero attached hydrogens (tertiary/aromatic N) is 1. The maximum Gasteiger partial charge on any atom is 0.288 e. The lowest BCUT2D eigenvalue weighted by molar-refractivity contribution is -0.124. The minimum atomic E-state index is -0.385. The number of rotatable bonds is 5. The first-order valence-electron chi connectivity index (χ1n) is 5.94. The number of H-pyrrole nitrogens is 1. The highest BCUT2D eigenvalue weighted by atomic mass is 32.2. The maximum absolute atomic E-state index is 11.8. The van der Waals surface area contributed by atoms with Crippen LogP contribution in [0.5, 0.6) is 0 Å². The molecule has 0 aromatic carbocycles. The first-order valence-corrected chi connectivity index (χ1v) is 6.93. The zero-order valence-electron chi connectivity index (χ0n) is 10.8. The molecule has 0 atom stereocenters. The third kappa shape index (κ3) is 3.08. The smallest absolute Gasteiger partial charge is 0.288 e. The summed E-state index contributed by atoms with van der Waals surface area (Å²) in [6.07, 6.45) is 0. The number of hydrogen-bond acceptors (Lipinski definition) is 5. The van der Waals surface area contributed by atoms with Gasteiger partial charge in [-0.2, -0.15) is 0 Å². The van der Waals surface area contributed by atoms with Crippen molar-refractivity contribution in [1.82, 2.24) is 15.2 Å². The van der Waals surface area contributed by atoms with Crippen LogP contribution in [0.3, 0.4) is 0 Å². The number of imide groups is 1. The summed E-state index contributed by atoms with van der Waals surface area (Å²) in [7, 11) is 0. The molecular formula is C12H13N3O4S. The van der Waals surface area contributed by atoms with Crippen molar-refractivity contribution < 1.29 is 19.2 Å². The molecule has 1 saturated heterocycles. The summed E-state index contributed by atoms with van der Waals surface area (Å²) in [5.74, 6) is -0.627. The lowest BCUT2D eigenvalue weighted by Crippen LogP contribution is -2.37. The first-order chi connectivity index (χ1) is 9.49. The van der Waals surface area contributed by atoms with Crippen LogP contribution in [0.2, 0.25) is 0 Å². The van der Waals surface area contributed by atoms with Gasteiger partial charge >= 0.3 is 0 Å². The molecule has 1 fully saturated rings. The zero-order chi connectivity index (χ0) is 14.7. The molecule has 0 saturated carbocycles. The number of aromatic nitrogens is 1. The Hall–Kier alpha value is -2.09. The minimum absolute atomic E-state index is 0.149. The summed E-state index contributed by atoms with van der Waals surface area (Å²) < 4.78 is 0. The van der Waals surface area contributed by atoms with E-state index in [1.807, 2.05) is 0 Å². The molecule has 8 heteroatoms. The molecule has 1 aliphatic heterocycles. The summed E-state index contributed by atoms with van der Waals surface area (Å²) in [5, 5.41) is 2.29. The van der Waals surface area contributed by atoms with Crippen molar-refractivity contribution in [3.63, 3.8) is 0 Å². The highest BCUT2D eigenvalue weighted by molar-refractivity contribution is 8.14. The number of hydrogen-bond donors (Lipinski definition) is 2. The average molecular weight is 295 g/mol. The van der Waals surface area contributed by atoms with Crippen molar-refractivity contribution in [3.05, 3.63) is 23.5 Å². The van der Waals surface area contributed by atoms with Crippen LogP contribution < -0.4 is 5.32 Å². The first kappa shape index (κ1) is 14.3. The standard InChI is InChI=1S/C12H13N3O4S/c1-7(16)8-2-3-9(14-8)11(18)13-4-5-15-10(17)6-20-12(15)19/h2-3,14H,4-6H2,1H3,(H,13,18). The second-order valence-electron chi connectivity index (χ2n) is 4.20. The third-order valence-corrected chi connectivity index (χ3v) is 3.63. The summed E-state index contributed by atoms with van der Waals surface area (Å²) in [6, 6.07) is 3.04. The largest absolute Gasteiger partial charge is 0.349 e. The maximum atomic E-state index is 11.8. The normalized spacial score (nSPS) is 14.8. The second-order valence-corrected chi connectivity index (χ2v) is 5.12. The van der Waals surface area contributed by atoms with Crippen molar-refractivity contribution >= 4 is 34.6 Å². The monoisotopic (exact) mass is 295 g/mol. The van der Waals surface area contributed by atoms with Gasteiger partial charge in [0.1, 0.15) is 5.69 Å². The van der Waals surface area contributed by atoms with E-state index in [-0.39, 0.29) is 47.4 Å². The van der Waals surface area contributed by atoms with E-state index in [0.717, 1.165) is 16.7 Å². The van der Waals surface area contributed by atoms with Crippen LogP contribution in [0.1, 0.15) is 27.9 Å². The number of thioether (sulfide) groups is 1. The van der Waals surface area contributed by atoms with Gasteiger partial charge in [-0.25, -0.2) is 0 Å². The van der Waals surface area contributed by atoms with E-state index >= 15 is 0 Å². The van der Waals surface area contributed by atoms with Crippen LogP contribution in [0.25, 0.3) is 0 Å². The Bertz CT molecular complexity index is 565. The lowest BCUT2D eigenvalue weighted by atomic mass is 10.3. The summed E-state index contributed by atoms with van der Waals surface area (Å²) in [6.45, 7) is 1.72. The lowest BCUT2D eigenvalue weighted by Gasteiger charge is -2.12. The Morgan fingerprint density at radius 2 is 2.05 bits per heavy atom. The van der Waals surface area contributed by atoms with Crippen molar-refractivity contribution in [1.29, 1.82) is 0 Å². The van der Waals surface area contributed by atoms with E-state index in [4.69, 9.17) is 0 Å². The van der Waals surface area contributed by atoms with Crippen molar-refractivity contribution in [3.8, 4) is 0 Å². The van der Waals surface area contributed by atoms with E-state index < -0.39 is 0 Å². The molecule has 2 rings (SSSR count). The SMILES string of the molecule is CC(=O)c1ccc(C(=O)NCCN2C(=O)CSC2=O)[nH]1. The van der Waals surface area contributed by atoms with Crippen LogP contribution in [0, 0.1) is 0 Å². The Labute approximate surface area is 119 Å².